The van der Waals surface area contributed by atoms with Gasteiger partial charge in [-0.1, -0.05) is 78.9 Å². The van der Waals surface area contributed by atoms with Crippen LogP contribution in [0.15, 0.2) is 102 Å². The van der Waals surface area contributed by atoms with Crippen LogP contribution >= 0.6 is 0 Å². The molecule has 0 radical (unpaired) electrons. The Morgan fingerprint density at radius 3 is 2.35 bits per heavy atom. The quantitative estimate of drug-likeness (QED) is 0.432. The summed E-state index contributed by atoms with van der Waals surface area (Å²) in [5.41, 5.74) is 1.92. The molecule has 0 atom stereocenters. The molecule has 0 aromatic heterocycles. The molecule has 0 bridgehead atoms. The van der Waals surface area contributed by atoms with E-state index >= 15 is 0 Å². The molecule has 0 unspecified atom stereocenters. The first-order chi connectivity index (χ1) is 15.0. The molecule has 0 amide bonds. The topological polar surface area (TPSA) is 72.5 Å². The lowest BCUT2D eigenvalue weighted by molar-refractivity contribution is 0.0474. The summed E-state index contributed by atoms with van der Waals surface area (Å²) in [6, 6.07) is 28.8. The first-order valence-electron chi connectivity index (χ1n) is 9.80. The number of rotatable bonds is 7. The Morgan fingerprint density at radius 2 is 1.52 bits per heavy atom. The van der Waals surface area contributed by atoms with Gasteiger partial charge >= 0.3 is 5.97 Å². The van der Waals surface area contributed by atoms with Crippen LogP contribution in [-0.4, -0.2) is 14.4 Å². The summed E-state index contributed by atoms with van der Waals surface area (Å²) >= 11 is 0. The van der Waals surface area contributed by atoms with Gasteiger partial charge in [-0.3, -0.25) is 0 Å². The summed E-state index contributed by atoms with van der Waals surface area (Å²) in [6.07, 6.45) is 0. The molecule has 0 aliphatic carbocycles. The second-order valence-corrected chi connectivity index (χ2v) is 8.82. The van der Waals surface area contributed by atoms with E-state index in [1.54, 1.807) is 6.07 Å². The van der Waals surface area contributed by atoms with Crippen molar-refractivity contribution in [3.8, 4) is 0 Å². The van der Waals surface area contributed by atoms with Gasteiger partial charge in [0, 0.05) is 6.54 Å². The molecule has 0 aliphatic rings. The van der Waals surface area contributed by atoms with E-state index in [1.807, 2.05) is 72.8 Å². The van der Waals surface area contributed by atoms with E-state index in [0.29, 0.717) is 0 Å². The Bertz CT molecular complexity index is 1310. The maximum atomic E-state index is 12.6. The molecule has 31 heavy (non-hydrogen) atoms. The Kier molecular flexibility index (Phi) is 6.11. The van der Waals surface area contributed by atoms with Crippen LogP contribution in [0, 0.1) is 0 Å². The minimum Gasteiger partial charge on any atom is -0.457 e. The zero-order chi connectivity index (χ0) is 21.7. The van der Waals surface area contributed by atoms with Crippen LogP contribution < -0.4 is 4.72 Å². The van der Waals surface area contributed by atoms with Gasteiger partial charge in [-0.2, -0.15) is 0 Å². The van der Waals surface area contributed by atoms with E-state index in [0.717, 1.165) is 21.9 Å². The van der Waals surface area contributed by atoms with E-state index in [2.05, 4.69) is 4.72 Å². The average Bonchev–Trinajstić information content (AvgIpc) is 2.82. The summed E-state index contributed by atoms with van der Waals surface area (Å²) in [5.74, 6) is -0.576. The van der Waals surface area contributed by atoms with Gasteiger partial charge in [0.05, 0.1) is 10.5 Å². The van der Waals surface area contributed by atoms with Crippen LogP contribution in [0.5, 0.6) is 0 Å². The minimum absolute atomic E-state index is 0.0167. The molecule has 6 heteroatoms. The SMILES string of the molecule is O=C(OCc1cccc2ccccc12)c1cccc(S(=O)(=O)NCc2ccccc2)c1. The smallest absolute Gasteiger partial charge is 0.338 e. The third kappa shape index (κ3) is 4.99. The van der Waals surface area contributed by atoms with Crippen LogP contribution in [-0.2, 0) is 27.9 Å². The standard InChI is InChI=1S/C25H21NO4S/c27-25(30-18-22-13-6-11-20-10-4-5-15-24(20)22)21-12-7-14-23(16-21)31(28,29)26-17-19-8-2-1-3-9-19/h1-16,26H,17-18H2. The molecular weight excluding hydrogens is 410 g/mol. The van der Waals surface area contributed by atoms with Crippen molar-refractivity contribution in [2.75, 3.05) is 0 Å². The van der Waals surface area contributed by atoms with E-state index in [-0.39, 0.29) is 23.6 Å². The highest BCUT2D eigenvalue weighted by atomic mass is 32.2. The number of hydrogen-bond donors (Lipinski definition) is 1. The zero-order valence-corrected chi connectivity index (χ0v) is 17.5. The van der Waals surface area contributed by atoms with Crippen LogP contribution in [0.4, 0.5) is 0 Å². The fraction of sp³-hybridized carbons (Fsp3) is 0.0800. The fourth-order valence-electron chi connectivity index (χ4n) is 3.29. The van der Waals surface area contributed by atoms with Crippen molar-refractivity contribution in [1.29, 1.82) is 0 Å². The lowest BCUT2D eigenvalue weighted by Gasteiger charge is -2.10. The number of hydrogen-bond acceptors (Lipinski definition) is 4. The Hall–Kier alpha value is -3.48. The molecule has 1 N–H and O–H groups in total. The summed E-state index contributed by atoms with van der Waals surface area (Å²) in [4.78, 5) is 12.6. The number of ether oxygens (including phenoxy) is 1. The third-order valence-corrected chi connectivity index (χ3v) is 6.33. The molecule has 0 fully saturated rings. The van der Waals surface area contributed by atoms with Crippen molar-refractivity contribution in [2.45, 2.75) is 18.0 Å². The van der Waals surface area contributed by atoms with E-state index in [9.17, 15) is 13.2 Å². The number of nitrogens with one attached hydrogen (secondary N) is 1. The normalized spacial score (nSPS) is 11.4. The molecule has 0 saturated heterocycles. The van der Waals surface area contributed by atoms with E-state index in [1.165, 1.54) is 18.2 Å². The molecule has 0 saturated carbocycles. The first-order valence-corrected chi connectivity index (χ1v) is 11.3. The minimum atomic E-state index is -3.77. The van der Waals surface area contributed by atoms with Crippen molar-refractivity contribution in [2.24, 2.45) is 0 Å². The van der Waals surface area contributed by atoms with E-state index in [4.69, 9.17) is 4.74 Å². The fourth-order valence-corrected chi connectivity index (χ4v) is 4.36. The van der Waals surface area contributed by atoms with Gasteiger partial charge in [-0.25, -0.2) is 17.9 Å². The summed E-state index contributed by atoms with van der Waals surface area (Å²) in [6.45, 7) is 0.266. The largest absolute Gasteiger partial charge is 0.457 e. The Balaban J connectivity index is 1.46. The Morgan fingerprint density at radius 1 is 0.806 bits per heavy atom. The van der Waals surface area contributed by atoms with Gasteiger partial charge < -0.3 is 4.74 Å². The van der Waals surface area contributed by atoms with Crippen molar-refractivity contribution < 1.29 is 17.9 Å². The number of carbonyl (C=O) groups excluding carboxylic acids is 1. The number of fused-ring (bicyclic) bond motifs is 1. The number of benzene rings is 4. The number of sulfonamides is 1. The highest BCUT2D eigenvalue weighted by Crippen LogP contribution is 2.20. The molecule has 4 rings (SSSR count). The van der Waals surface area contributed by atoms with Gasteiger partial charge in [0.15, 0.2) is 0 Å². The number of carbonyl (C=O) groups is 1. The predicted octanol–water partition coefficient (Wildman–Crippen LogP) is 4.68. The van der Waals surface area contributed by atoms with Gasteiger partial charge in [-0.05, 0) is 40.1 Å². The summed E-state index contributed by atoms with van der Waals surface area (Å²) < 4.78 is 33.3. The maximum absolute atomic E-state index is 12.6. The first kappa shape index (κ1) is 20.8. The average molecular weight is 432 g/mol. The van der Waals surface area contributed by atoms with Crippen molar-refractivity contribution in [3.05, 3.63) is 114 Å². The Labute approximate surface area is 181 Å². The van der Waals surface area contributed by atoms with E-state index < -0.39 is 16.0 Å². The van der Waals surface area contributed by atoms with Gasteiger partial charge in [0.1, 0.15) is 6.61 Å². The summed E-state index contributed by atoms with van der Waals surface area (Å²) in [5, 5.41) is 2.08. The molecule has 4 aromatic rings. The predicted molar refractivity (Wildman–Crippen MR) is 120 cm³/mol. The molecule has 5 nitrogen and oxygen atoms in total. The maximum Gasteiger partial charge on any atom is 0.338 e. The molecule has 0 aliphatic heterocycles. The zero-order valence-electron chi connectivity index (χ0n) is 16.7. The van der Waals surface area contributed by atoms with Crippen molar-refractivity contribution in [3.63, 3.8) is 0 Å². The molecular formula is C25H21NO4S. The highest BCUT2D eigenvalue weighted by Gasteiger charge is 2.17. The van der Waals surface area contributed by atoms with Gasteiger partial charge in [0.25, 0.3) is 0 Å². The molecule has 0 heterocycles. The molecule has 156 valence electrons. The van der Waals surface area contributed by atoms with Crippen LogP contribution in [0.2, 0.25) is 0 Å². The molecule has 0 spiro atoms. The monoisotopic (exact) mass is 431 g/mol. The second kappa shape index (κ2) is 9.12. The second-order valence-electron chi connectivity index (χ2n) is 7.05. The van der Waals surface area contributed by atoms with Crippen molar-refractivity contribution >= 4 is 26.8 Å². The van der Waals surface area contributed by atoms with Crippen LogP contribution in [0.25, 0.3) is 10.8 Å². The summed E-state index contributed by atoms with van der Waals surface area (Å²) in [7, 11) is -3.77. The number of esters is 1. The lowest BCUT2D eigenvalue weighted by Crippen LogP contribution is -2.23. The van der Waals surface area contributed by atoms with Crippen LogP contribution in [0.3, 0.4) is 0 Å². The van der Waals surface area contributed by atoms with Crippen molar-refractivity contribution in [1.82, 2.24) is 4.72 Å². The lowest BCUT2D eigenvalue weighted by atomic mass is 10.1. The molecule has 4 aromatic carbocycles. The van der Waals surface area contributed by atoms with Crippen LogP contribution in [0.1, 0.15) is 21.5 Å². The third-order valence-electron chi connectivity index (χ3n) is 4.93. The highest BCUT2D eigenvalue weighted by molar-refractivity contribution is 7.89. The van der Waals surface area contributed by atoms with Gasteiger partial charge in [-0.15, -0.1) is 0 Å². The van der Waals surface area contributed by atoms with Gasteiger partial charge in [0.2, 0.25) is 10.0 Å².